The minimum Gasteiger partial charge on any atom is -0.371 e. The molecular formula is C16H25ClN2. The molecule has 0 aliphatic carbocycles. The van der Waals surface area contributed by atoms with Gasteiger partial charge in [-0.1, -0.05) is 18.5 Å². The van der Waals surface area contributed by atoms with Crippen LogP contribution in [-0.2, 0) is 6.54 Å². The molecule has 3 heteroatoms. The zero-order chi connectivity index (χ0) is 14.0. The van der Waals surface area contributed by atoms with E-state index in [0.717, 1.165) is 30.6 Å². The SMILES string of the molecule is CC1CCN(c2ccc(Cl)cc2CNC(C)(C)C)C1. The third kappa shape index (κ3) is 4.12. The van der Waals surface area contributed by atoms with E-state index in [-0.39, 0.29) is 5.54 Å². The van der Waals surface area contributed by atoms with E-state index in [2.05, 4.69) is 50.0 Å². The van der Waals surface area contributed by atoms with Gasteiger partial charge in [0.2, 0.25) is 0 Å². The van der Waals surface area contributed by atoms with Crippen molar-refractivity contribution in [1.82, 2.24) is 5.32 Å². The van der Waals surface area contributed by atoms with Gasteiger partial charge in [0.15, 0.2) is 0 Å². The van der Waals surface area contributed by atoms with E-state index in [1.165, 1.54) is 17.7 Å². The Bertz CT molecular complexity index is 437. The maximum Gasteiger partial charge on any atom is 0.0412 e. The van der Waals surface area contributed by atoms with Crippen LogP contribution in [0.2, 0.25) is 5.02 Å². The fourth-order valence-corrected chi connectivity index (χ4v) is 2.71. The van der Waals surface area contributed by atoms with Crippen molar-refractivity contribution in [3.8, 4) is 0 Å². The van der Waals surface area contributed by atoms with Crippen LogP contribution in [0.5, 0.6) is 0 Å². The van der Waals surface area contributed by atoms with E-state index in [1.54, 1.807) is 0 Å². The summed E-state index contributed by atoms with van der Waals surface area (Å²) in [5.74, 6) is 0.791. The summed E-state index contributed by atoms with van der Waals surface area (Å²) in [4.78, 5) is 2.49. The van der Waals surface area contributed by atoms with Crippen LogP contribution in [0.4, 0.5) is 5.69 Å². The molecule has 0 saturated carbocycles. The van der Waals surface area contributed by atoms with Gasteiger partial charge in [-0.3, -0.25) is 0 Å². The molecule has 106 valence electrons. The first-order valence-corrected chi connectivity index (χ1v) is 7.51. The Morgan fingerprint density at radius 3 is 2.68 bits per heavy atom. The van der Waals surface area contributed by atoms with Crippen molar-refractivity contribution in [2.45, 2.75) is 46.2 Å². The third-order valence-electron chi connectivity index (χ3n) is 3.62. The Morgan fingerprint density at radius 1 is 1.37 bits per heavy atom. The molecule has 0 aromatic heterocycles. The van der Waals surface area contributed by atoms with Gasteiger partial charge in [0, 0.05) is 35.9 Å². The molecule has 19 heavy (non-hydrogen) atoms. The smallest absolute Gasteiger partial charge is 0.0412 e. The van der Waals surface area contributed by atoms with Gasteiger partial charge >= 0.3 is 0 Å². The van der Waals surface area contributed by atoms with Gasteiger partial charge in [-0.2, -0.15) is 0 Å². The second-order valence-electron chi connectivity index (χ2n) is 6.72. The number of hydrogen-bond donors (Lipinski definition) is 1. The topological polar surface area (TPSA) is 15.3 Å². The molecule has 1 heterocycles. The summed E-state index contributed by atoms with van der Waals surface area (Å²) in [5.41, 5.74) is 2.76. The minimum absolute atomic E-state index is 0.123. The lowest BCUT2D eigenvalue weighted by Crippen LogP contribution is -2.35. The van der Waals surface area contributed by atoms with Crippen molar-refractivity contribution >= 4 is 17.3 Å². The first kappa shape index (κ1) is 14.7. The predicted octanol–water partition coefficient (Wildman–Crippen LogP) is 4.07. The van der Waals surface area contributed by atoms with Crippen molar-refractivity contribution in [1.29, 1.82) is 0 Å². The second-order valence-corrected chi connectivity index (χ2v) is 7.15. The molecule has 0 bridgehead atoms. The van der Waals surface area contributed by atoms with Crippen LogP contribution in [0.15, 0.2) is 18.2 Å². The standard InChI is InChI=1S/C16H25ClN2/c1-12-7-8-19(11-12)15-6-5-14(17)9-13(15)10-18-16(2,3)4/h5-6,9,12,18H,7-8,10-11H2,1-4H3. The molecule has 1 saturated heterocycles. The number of hydrogen-bond acceptors (Lipinski definition) is 2. The second kappa shape index (κ2) is 5.72. The van der Waals surface area contributed by atoms with E-state index >= 15 is 0 Å². The van der Waals surface area contributed by atoms with Crippen molar-refractivity contribution < 1.29 is 0 Å². The van der Waals surface area contributed by atoms with Gasteiger partial charge in [-0.05, 0) is 56.9 Å². The van der Waals surface area contributed by atoms with Gasteiger partial charge in [-0.15, -0.1) is 0 Å². The number of anilines is 1. The molecule has 0 spiro atoms. The quantitative estimate of drug-likeness (QED) is 0.898. The summed E-state index contributed by atoms with van der Waals surface area (Å²) < 4.78 is 0. The first-order chi connectivity index (χ1) is 8.85. The van der Waals surface area contributed by atoms with Crippen molar-refractivity contribution in [2.24, 2.45) is 5.92 Å². The summed E-state index contributed by atoms with van der Waals surface area (Å²) >= 11 is 6.16. The van der Waals surface area contributed by atoms with Gasteiger partial charge < -0.3 is 10.2 Å². The van der Waals surface area contributed by atoms with Crippen LogP contribution in [0.3, 0.4) is 0 Å². The molecule has 2 nitrogen and oxygen atoms in total. The Labute approximate surface area is 122 Å². The van der Waals surface area contributed by atoms with Crippen LogP contribution in [-0.4, -0.2) is 18.6 Å². The summed E-state index contributed by atoms with van der Waals surface area (Å²) in [5, 5.41) is 4.38. The van der Waals surface area contributed by atoms with E-state index in [9.17, 15) is 0 Å². The highest BCUT2D eigenvalue weighted by Crippen LogP contribution is 2.29. The summed E-state index contributed by atoms with van der Waals surface area (Å²) in [6.45, 7) is 12.1. The Balaban J connectivity index is 2.18. The Kier molecular flexibility index (Phi) is 4.42. The zero-order valence-electron chi connectivity index (χ0n) is 12.5. The molecule has 2 rings (SSSR count). The fourth-order valence-electron chi connectivity index (χ4n) is 2.52. The lowest BCUT2D eigenvalue weighted by Gasteiger charge is -2.25. The molecule has 1 aliphatic rings. The number of nitrogens with one attached hydrogen (secondary N) is 1. The molecule has 1 N–H and O–H groups in total. The average Bonchev–Trinajstić information content (AvgIpc) is 2.72. The van der Waals surface area contributed by atoms with E-state index < -0.39 is 0 Å². The maximum absolute atomic E-state index is 6.16. The lowest BCUT2D eigenvalue weighted by atomic mass is 10.1. The number of rotatable bonds is 3. The van der Waals surface area contributed by atoms with Crippen molar-refractivity contribution in [2.75, 3.05) is 18.0 Å². The van der Waals surface area contributed by atoms with Crippen LogP contribution in [0.1, 0.15) is 39.7 Å². The predicted molar refractivity (Wildman–Crippen MR) is 84.0 cm³/mol. The van der Waals surface area contributed by atoms with Crippen LogP contribution >= 0.6 is 11.6 Å². The van der Waals surface area contributed by atoms with Gasteiger partial charge in [-0.25, -0.2) is 0 Å². The summed E-state index contributed by atoms with van der Waals surface area (Å²) in [6, 6.07) is 6.26. The molecule has 1 aromatic carbocycles. The Hall–Kier alpha value is -0.730. The monoisotopic (exact) mass is 280 g/mol. The van der Waals surface area contributed by atoms with E-state index in [0.29, 0.717) is 0 Å². The number of halogens is 1. The molecular weight excluding hydrogens is 256 g/mol. The highest BCUT2D eigenvalue weighted by molar-refractivity contribution is 6.30. The van der Waals surface area contributed by atoms with Gasteiger partial charge in [0.25, 0.3) is 0 Å². The largest absolute Gasteiger partial charge is 0.371 e. The molecule has 1 aliphatic heterocycles. The van der Waals surface area contributed by atoms with Crippen molar-refractivity contribution in [3.05, 3.63) is 28.8 Å². The van der Waals surface area contributed by atoms with Crippen molar-refractivity contribution in [3.63, 3.8) is 0 Å². The fraction of sp³-hybridized carbons (Fsp3) is 0.625. The normalized spacial score (nSPS) is 20.1. The zero-order valence-corrected chi connectivity index (χ0v) is 13.2. The molecule has 1 unspecified atom stereocenters. The van der Waals surface area contributed by atoms with E-state index in [4.69, 9.17) is 11.6 Å². The van der Waals surface area contributed by atoms with Crippen LogP contribution in [0.25, 0.3) is 0 Å². The number of nitrogens with zero attached hydrogens (tertiary/aromatic N) is 1. The lowest BCUT2D eigenvalue weighted by molar-refractivity contribution is 0.424. The van der Waals surface area contributed by atoms with Crippen LogP contribution in [0, 0.1) is 5.92 Å². The number of benzene rings is 1. The molecule has 1 aromatic rings. The summed E-state index contributed by atoms with van der Waals surface area (Å²) in [7, 11) is 0. The van der Waals surface area contributed by atoms with Crippen LogP contribution < -0.4 is 10.2 Å². The molecule has 0 amide bonds. The first-order valence-electron chi connectivity index (χ1n) is 7.13. The minimum atomic E-state index is 0.123. The van der Waals surface area contributed by atoms with Gasteiger partial charge in [0.05, 0.1) is 0 Å². The highest BCUT2D eigenvalue weighted by atomic mass is 35.5. The molecule has 1 fully saturated rings. The Morgan fingerprint density at radius 2 is 2.11 bits per heavy atom. The molecule has 0 radical (unpaired) electrons. The third-order valence-corrected chi connectivity index (χ3v) is 3.85. The average molecular weight is 281 g/mol. The van der Waals surface area contributed by atoms with Gasteiger partial charge in [0.1, 0.15) is 0 Å². The maximum atomic E-state index is 6.16. The summed E-state index contributed by atoms with van der Waals surface area (Å²) in [6.07, 6.45) is 1.29. The highest BCUT2D eigenvalue weighted by Gasteiger charge is 2.21. The van der Waals surface area contributed by atoms with E-state index in [1.807, 2.05) is 6.07 Å². The molecule has 1 atom stereocenters.